The first-order valence-corrected chi connectivity index (χ1v) is 24.7. The van der Waals surface area contributed by atoms with Crippen molar-refractivity contribution in [3.05, 3.63) is 148 Å². The van der Waals surface area contributed by atoms with Crippen molar-refractivity contribution in [1.82, 2.24) is 4.90 Å². The molecule has 4 aliphatic heterocycles. The van der Waals surface area contributed by atoms with Gasteiger partial charge in [-0.2, -0.15) is 0 Å². The first-order chi connectivity index (χ1) is 28.9. The average molecular weight is 885 g/mol. The van der Waals surface area contributed by atoms with Crippen LogP contribution >= 0.6 is 15.9 Å². The van der Waals surface area contributed by atoms with E-state index >= 15 is 4.79 Å². The molecule has 3 amide bonds. The quantitative estimate of drug-likeness (QED) is 0.150. The van der Waals surface area contributed by atoms with Crippen LogP contribution in [0.3, 0.4) is 0 Å². The predicted octanol–water partition coefficient (Wildman–Crippen LogP) is 8.17. The normalized spacial score (nSPS) is 23.5. The Bertz CT molecular complexity index is 2480. The second-order valence-electron chi connectivity index (χ2n) is 17.3. The van der Waals surface area contributed by atoms with Gasteiger partial charge in [-0.15, -0.1) is 0 Å². The van der Waals surface area contributed by atoms with Gasteiger partial charge in [0.15, 0.2) is 5.60 Å². The summed E-state index contributed by atoms with van der Waals surface area (Å²) < 4.78 is 13.7. The second kappa shape index (κ2) is 15.8. The molecule has 0 aromatic heterocycles. The Morgan fingerprint density at radius 2 is 1.58 bits per heavy atom. The van der Waals surface area contributed by atoms with Crippen molar-refractivity contribution < 1.29 is 29.0 Å². The van der Waals surface area contributed by atoms with Crippen LogP contribution in [0.2, 0.25) is 18.6 Å². The summed E-state index contributed by atoms with van der Waals surface area (Å²) >= 11 is 3.72. The van der Waals surface area contributed by atoms with Crippen LogP contribution in [-0.2, 0) is 50.7 Å². The van der Waals surface area contributed by atoms with E-state index in [0.29, 0.717) is 25.9 Å². The summed E-state index contributed by atoms with van der Waals surface area (Å²) in [5.74, 6) is 0.295. The first kappa shape index (κ1) is 40.3. The number of anilines is 3. The van der Waals surface area contributed by atoms with Gasteiger partial charge in [0.05, 0.1) is 58.3 Å². The number of carbonyl (C=O) groups excluding carboxylic acids is 3. The standard InChI is InChI=1S/C49H50BrN3O6Si/c1-31-47(60(3,4)40-21-19-39(58-2)20-22-40)44(27-46(56)51-29-35-11-6-5-10-34(35)25-38(51)30-54)59-49(31)41-26-36(50)16-23-43(41)52(48(49)57)28-32-13-17-37(18-14-32)53-42-12-8-7-9-33(42)15-24-45(53)55/h5-14,16-23,26,31,38,44,47,54H,15,24-25,27-30H2,1-4H3/t31-,38+,44+,47-,49+/m1/s1. The number of halogens is 1. The highest BCUT2D eigenvalue weighted by Crippen LogP contribution is 2.60. The molecule has 5 aromatic carbocycles. The summed E-state index contributed by atoms with van der Waals surface area (Å²) in [7, 11) is -0.873. The maximum atomic E-state index is 15.5. The lowest BCUT2D eigenvalue weighted by molar-refractivity contribution is -0.151. The van der Waals surface area contributed by atoms with E-state index < -0.39 is 19.8 Å². The van der Waals surface area contributed by atoms with Crippen LogP contribution in [0, 0.1) is 5.92 Å². The van der Waals surface area contributed by atoms with Gasteiger partial charge in [0.25, 0.3) is 5.91 Å². The highest BCUT2D eigenvalue weighted by Gasteiger charge is 2.66. The molecule has 60 heavy (non-hydrogen) atoms. The van der Waals surface area contributed by atoms with Crippen LogP contribution in [0.4, 0.5) is 17.1 Å². The van der Waals surface area contributed by atoms with Crippen molar-refractivity contribution in [3.8, 4) is 5.75 Å². The van der Waals surface area contributed by atoms with E-state index in [1.165, 1.54) is 5.19 Å². The number of rotatable bonds is 9. The number of amides is 3. The van der Waals surface area contributed by atoms with Crippen LogP contribution < -0.4 is 19.7 Å². The third-order valence-electron chi connectivity index (χ3n) is 13.7. The molecule has 0 aliphatic carbocycles. The van der Waals surface area contributed by atoms with E-state index in [0.717, 1.165) is 61.5 Å². The largest absolute Gasteiger partial charge is 0.497 e. The molecule has 9 nitrogen and oxygen atoms in total. The van der Waals surface area contributed by atoms with Gasteiger partial charge < -0.3 is 24.4 Å². The topological polar surface area (TPSA) is 99.6 Å². The third-order valence-corrected chi connectivity index (χ3v) is 18.5. The summed E-state index contributed by atoms with van der Waals surface area (Å²) in [6.45, 7) is 7.34. The fraction of sp³-hybridized carbons (Fsp3) is 0.327. The summed E-state index contributed by atoms with van der Waals surface area (Å²) in [5.41, 5.74) is 6.08. The fourth-order valence-corrected chi connectivity index (χ4v) is 15.0. The number of ether oxygens (including phenoxy) is 2. The Hall–Kier alpha value is -5.07. The fourth-order valence-electron chi connectivity index (χ4n) is 10.6. The highest BCUT2D eigenvalue weighted by molar-refractivity contribution is 9.10. The maximum Gasteiger partial charge on any atom is 0.264 e. The molecule has 0 saturated carbocycles. The van der Waals surface area contributed by atoms with Gasteiger partial charge in [-0.25, -0.2) is 0 Å². The molecule has 5 aromatic rings. The van der Waals surface area contributed by atoms with Gasteiger partial charge in [0.2, 0.25) is 11.8 Å². The summed E-state index contributed by atoms with van der Waals surface area (Å²) in [6, 6.07) is 37.9. The Kier molecular flexibility index (Phi) is 10.6. The number of aliphatic hydroxyl groups excluding tert-OH is 1. The van der Waals surface area contributed by atoms with E-state index in [1.807, 2.05) is 94.7 Å². The number of benzene rings is 5. The van der Waals surface area contributed by atoms with Gasteiger partial charge in [-0.05, 0) is 89.2 Å². The van der Waals surface area contributed by atoms with E-state index in [1.54, 1.807) is 12.0 Å². The minimum atomic E-state index is -2.53. The Labute approximate surface area is 361 Å². The molecule has 0 unspecified atom stereocenters. The van der Waals surface area contributed by atoms with Crippen molar-refractivity contribution in [2.75, 3.05) is 23.5 Å². The predicted molar refractivity (Wildman–Crippen MR) is 239 cm³/mol. The SMILES string of the molecule is COc1ccc([Si](C)(C)[C@H]2[C@H](CC(=O)N3Cc4ccccc4C[C@H]3CO)O[C@@]3(C(=O)N(Cc4ccc(N5C(=O)CCc6ccccc65)cc4)c4ccc(Br)cc43)[C@@H]2C)cc1. The number of carbonyl (C=O) groups is 3. The molecule has 9 rings (SSSR count). The molecule has 1 spiro atoms. The van der Waals surface area contributed by atoms with E-state index in [-0.39, 0.29) is 48.3 Å². The number of aliphatic hydroxyl groups is 1. The number of hydrogen-bond acceptors (Lipinski definition) is 6. The Morgan fingerprint density at radius 1 is 0.883 bits per heavy atom. The molecule has 0 radical (unpaired) electrons. The number of fused-ring (bicyclic) bond motifs is 4. The van der Waals surface area contributed by atoms with Gasteiger partial charge >= 0.3 is 0 Å². The average Bonchev–Trinajstić information content (AvgIpc) is 3.68. The van der Waals surface area contributed by atoms with Crippen molar-refractivity contribution in [2.24, 2.45) is 5.92 Å². The summed E-state index contributed by atoms with van der Waals surface area (Å²) in [5, 5.41) is 11.7. The van der Waals surface area contributed by atoms with E-state index in [4.69, 9.17) is 9.47 Å². The number of aryl methyl sites for hydroxylation is 1. The minimum absolute atomic E-state index is 0.0608. The third kappa shape index (κ3) is 6.70. The van der Waals surface area contributed by atoms with Crippen LogP contribution in [-0.4, -0.2) is 61.7 Å². The zero-order valence-electron chi connectivity index (χ0n) is 34.4. The minimum Gasteiger partial charge on any atom is -0.497 e. The summed E-state index contributed by atoms with van der Waals surface area (Å²) in [6.07, 6.45) is 1.26. The van der Waals surface area contributed by atoms with Crippen LogP contribution in [0.25, 0.3) is 0 Å². The van der Waals surface area contributed by atoms with Crippen molar-refractivity contribution in [2.45, 2.75) is 82.1 Å². The lowest BCUT2D eigenvalue weighted by Gasteiger charge is -2.39. The monoisotopic (exact) mass is 883 g/mol. The maximum absolute atomic E-state index is 15.5. The van der Waals surface area contributed by atoms with Gasteiger partial charge in [0.1, 0.15) is 5.75 Å². The molecule has 4 aliphatic rings. The summed E-state index contributed by atoms with van der Waals surface area (Å²) in [4.78, 5) is 48.8. The molecule has 11 heteroatoms. The smallest absolute Gasteiger partial charge is 0.264 e. The number of nitrogens with zero attached hydrogens (tertiary/aromatic N) is 3. The molecular formula is C49H50BrN3O6Si. The molecule has 5 atom stereocenters. The van der Waals surface area contributed by atoms with Crippen LogP contribution in [0.15, 0.2) is 120 Å². The van der Waals surface area contributed by atoms with Crippen LogP contribution in [0.5, 0.6) is 5.75 Å². The molecule has 1 saturated heterocycles. The molecule has 1 fully saturated rings. The Morgan fingerprint density at radius 3 is 2.30 bits per heavy atom. The highest BCUT2D eigenvalue weighted by atomic mass is 79.9. The zero-order chi connectivity index (χ0) is 41.9. The lowest BCUT2D eigenvalue weighted by Crippen LogP contribution is -2.52. The number of methoxy groups -OCH3 is 1. The molecule has 1 N–H and O–H groups in total. The van der Waals surface area contributed by atoms with Crippen molar-refractivity contribution >= 4 is 64.0 Å². The number of hydrogen-bond donors (Lipinski definition) is 1. The number of para-hydroxylation sites is 1. The molecule has 4 heterocycles. The molecule has 0 bridgehead atoms. The van der Waals surface area contributed by atoms with Crippen molar-refractivity contribution in [1.29, 1.82) is 0 Å². The molecule has 308 valence electrons. The van der Waals surface area contributed by atoms with E-state index in [9.17, 15) is 14.7 Å². The van der Waals surface area contributed by atoms with Gasteiger partial charge in [0, 0.05) is 34.6 Å². The first-order valence-electron chi connectivity index (χ1n) is 20.9. The second-order valence-corrected chi connectivity index (χ2v) is 22.9. The van der Waals surface area contributed by atoms with Crippen LogP contribution in [0.1, 0.15) is 47.6 Å². The molecular weight excluding hydrogens is 835 g/mol. The lowest BCUT2D eigenvalue weighted by atomic mass is 9.82. The Balaban J connectivity index is 1.07. The van der Waals surface area contributed by atoms with Gasteiger partial charge in [-0.1, -0.05) is 108 Å². The van der Waals surface area contributed by atoms with Gasteiger partial charge in [-0.3, -0.25) is 19.3 Å². The van der Waals surface area contributed by atoms with Crippen molar-refractivity contribution in [3.63, 3.8) is 0 Å². The zero-order valence-corrected chi connectivity index (χ0v) is 37.0. The van der Waals surface area contributed by atoms with E-state index in [2.05, 4.69) is 66.3 Å².